The zero-order valence-electron chi connectivity index (χ0n) is 9.55. The topological polar surface area (TPSA) is 17.1 Å². The van der Waals surface area contributed by atoms with Crippen LogP contribution >= 0.6 is 0 Å². The van der Waals surface area contributed by atoms with E-state index in [-0.39, 0.29) is 0 Å². The number of benzene rings is 1. The lowest BCUT2D eigenvalue weighted by Gasteiger charge is -2.23. The predicted molar refractivity (Wildman–Crippen MR) is 62.2 cm³/mol. The van der Waals surface area contributed by atoms with Crippen molar-refractivity contribution in [3.8, 4) is 0 Å². The molecular formula is C14H18O. The highest BCUT2D eigenvalue weighted by atomic mass is 16.1. The first-order chi connectivity index (χ1) is 7.20. The van der Waals surface area contributed by atoms with Gasteiger partial charge in [0.2, 0.25) is 0 Å². The van der Waals surface area contributed by atoms with Crippen LogP contribution in [-0.2, 0) is 6.42 Å². The molecule has 0 fully saturated rings. The highest BCUT2D eigenvalue weighted by Crippen LogP contribution is 2.28. The number of hydrogen-bond donors (Lipinski definition) is 0. The van der Waals surface area contributed by atoms with Gasteiger partial charge in [-0.15, -0.1) is 0 Å². The van der Waals surface area contributed by atoms with Crippen LogP contribution in [0.3, 0.4) is 0 Å². The van der Waals surface area contributed by atoms with Crippen LogP contribution in [0.2, 0.25) is 0 Å². The van der Waals surface area contributed by atoms with Gasteiger partial charge in [-0.3, -0.25) is 4.79 Å². The molecule has 2 rings (SSSR count). The van der Waals surface area contributed by atoms with Crippen LogP contribution < -0.4 is 0 Å². The summed E-state index contributed by atoms with van der Waals surface area (Å²) in [5, 5.41) is 0. The zero-order valence-corrected chi connectivity index (χ0v) is 9.55. The first-order valence-corrected chi connectivity index (χ1v) is 5.83. The fourth-order valence-corrected chi connectivity index (χ4v) is 2.53. The summed E-state index contributed by atoms with van der Waals surface area (Å²) < 4.78 is 0. The minimum Gasteiger partial charge on any atom is -0.294 e. The van der Waals surface area contributed by atoms with Gasteiger partial charge in [0.25, 0.3) is 0 Å². The number of aryl methyl sites for hydroxylation is 1. The first kappa shape index (κ1) is 10.4. The van der Waals surface area contributed by atoms with Crippen LogP contribution in [0.25, 0.3) is 0 Å². The summed E-state index contributed by atoms with van der Waals surface area (Å²) in [6, 6.07) is 6.21. The highest BCUT2D eigenvalue weighted by Gasteiger charge is 2.23. The van der Waals surface area contributed by atoms with E-state index in [1.807, 2.05) is 12.1 Å². The van der Waals surface area contributed by atoms with Gasteiger partial charge in [-0.2, -0.15) is 0 Å². The summed E-state index contributed by atoms with van der Waals surface area (Å²) in [5.41, 5.74) is 3.50. The van der Waals surface area contributed by atoms with Crippen LogP contribution in [-0.4, -0.2) is 5.78 Å². The molecule has 1 heteroatoms. The largest absolute Gasteiger partial charge is 0.294 e. The molecule has 0 saturated carbocycles. The maximum absolute atomic E-state index is 11.9. The van der Waals surface area contributed by atoms with E-state index in [4.69, 9.17) is 0 Å². The van der Waals surface area contributed by atoms with E-state index >= 15 is 0 Å². The molecule has 1 aliphatic rings. The second kappa shape index (κ2) is 4.18. The van der Waals surface area contributed by atoms with Gasteiger partial charge >= 0.3 is 0 Å². The van der Waals surface area contributed by atoms with Crippen LogP contribution in [0.4, 0.5) is 0 Å². The minimum absolute atomic E-state index is 0.342. The Kier molecular flexibility index (Phi) is 2.90. The van der Waals surface area contributed by atoms with Crippen LogP contribution in [0.15, 0.2) is 18.2 Å². The van der Waals surface area contributed by atoms with Crippen molar-refractivity contribution < 1.29 is 4.79 Å². The number of rotatable bonds is 2. The minimum atomic E-state index is 0.342. The molecule has 1 nitrogen and oxygen atoms in total. The van der Waals surface area contributed by atoms with E-state index in [9.17, 15) is 4.79 Å². The van der Waals surface area contributed by atoms with E-state index in [1.165, 1.54) is 24.0 Å². The molecule has 0 spiro atoms. The molecule has 1 atom stereocenters. The fourth-order valence-electron chi connectivity index (χ4n) is 2.53. The van der Waals surface area contributed by atoms with E-state index in [0.29, 0.717) is 11.7 Å². The Bertz CT molecular complexity index is 379. The third-order valence-corrected chi connectivity index (χ3v) is 3.24. The Morgan fingerprint density at radius 2 is 2.13 bits per heavy atom. The standard InChI is InChI=1S/C14H18O/c1-3-4-11-8-12-7-10(2)5-6-13(12)14(15)9-11/h5-7,11H,3-4,8-9H2,1-2H3. The molecule has 1 aromatic rings. The predicted octanol–water partition coefficient (Wildman–Crippen LogP) is 3.54. The normalized spacial score (nSPS) is 20.1. The summed E-state index contributed by atoms with van der Waals surface area (Å²) in [7, 11) is 0. The number of Topliss-reactive ketones (excluding diaryl/α,β-unsaturated/α-hetero) is 1. The van der Waals surface area contributed by atoms with Gasteiger partial charge in [0.15, 0.2) is 5.78 Å². The van der Waals surface area contributed by atoms with Gasteiger partial charge in [0.05, 0.1) is 0 Å². The Labute approximate surface area is 91.5 Å². The lowest BCUT2D eigenvalue weighted by molar-refractivity contribution is 0.0946. The van der Waals surface area contributed by atoms with Gasteiger partial charge in [-0.1, -0.05) is 37.1 Å². The monoisotopic (exact) mass is 202 g/mol. The number of hydrogen-bond acceptors (Lipinski definition) is 1. The first-order valence-electron chi connectivity index (χ1n) is 5.83. The lowest BCUT2D eigenvalue weighted by Crippen LogP contribution is -2.20. The van der Waals surface area contributed by atoms with Crippen molar-refractivity contribution >= 4 is 5.78 Å². The third-order valence-electron chi connectivity index (χ3n) is 3.24. The van der Waals surface area contributed by atoms with E-state index < -0.39 is 0 Å². The highest BCUT2D eigenvalue weighted by molar-refractivity contribution is 5.98. The van der Waals surface area contributed by atoms with E-state index in [2.05, 4.69) is 19.9 Å². The van der Waals surface area contributed by atoms with Gasteiger partial charge in [0.1, 0.15) is 0 Å². The molecule has 0 radical (unpaired) electrons. The summed E-state index contributed by atoms with van der Waals surface area (Å²) in [5.74, 6) is 0.923. The Morgan fingerprint density at radius 3 is 2.87 bits per heavy atom. The maximum atomic E-state index is 11.9. The molecule has 0 amide bonds. The van der Waals surface area contributed by atoms with Crippen molar-refractivity contribution in [3.63, 3.8) is 0 Å². The number of ketones is 1. The third kappa shape index (κ3) is 2.11. The average Bonchev–Trinajstić information content (AvgIpc) is 2.17. The molecule has 0 heterocycles. The van der Waals surface area contributed by atoms with Crippen molar-refractivity contribution in [2.75, 3.05) is 0 Å². The van der Waals surface area contributed by atoms with Crippen LogP contribution in [0.1, 0.15) is 47.7 Å². The van der Waals surface area contributed by atoms with Crippen LogP contribution in [0.5, 0.6) is 0 Å². The smallest absolute Gasteiger partial charge is 0.163 e. The summed E-state index contributed by atoms with van der Waals surface area (Å²) >= 11 is 0. The molecule has 0 N–H and O–H groups in total. The summed E-state index contributed by atoms with van der Waals surface area (Å²) in [4.78, 5) is 11.9. The summed E-state index contributed by atoms with van der Waals surface area (Å²) in [6.45, 7) is 4.28. The van der Waals surface area contributed by atoms with Crippen molar-refractivity contribution in [3.05, 3.63) is 34.9 Å². The Hall–Kier alpha value is -1.11. The molecule has 0 aliphatic heterocycles. The lowest BCUT2D eigenvalue weighted by atomic mass is 9.80. The van der Waals surface area contributed by atoms with Crippen molar-refractivity contribution in [2.45, 2.75) is 39.5 Å². The number of carbonyl (C=O) groups excluding carboxylic acids is 1. The molecular weight excluding hydrogens is 184 g/mol. The van der Waals surface area contributed by atoms with Gasteiger partial charge in [0, 0.05) is 12.0 Å². The average molecular weight is 202 g/mol. The van der Waals surface area contributed by atoms with Crippen LogP contribution in [0, 0.1) is 12.8 Å². The zero-order chi connectivity index (χ0) is 10.8. The molecule has 0 saturated heterocycles. The van der Waals surface area contributed by atoms with Gasteiger partial charge in [-0.05, 0) is 31.2 Å². The molecule has 1 unspecified atom stereocenters. The SMILES string of the molecule is CCCC1CC(=O)c2ccc(C)cc2C1. The molecule has 0 aromatic heterocycles. The molecule has 15 heavy (non-hydrogen) atoms. The van der Waals surface area contributed by atoms with Crippen molar-refractivity contribution in [1.82, 2.24) is 0 Å². The molecule has 1 aliphatic carbocycles. The molecule has 1 aromatic carbocycles. The number of fused-ring (bicyclic) bond motifs is 1. The number of carbonyl (C=O) groups is 1. The maximum Gasteiger partial charge on any atom is 0.163 e. The molecule has 0 bridgehead atoms. The molecule has 80 valence electrons. The van der Waals surface area contributed by atoms with Crippen molar-refractivity contribution in [1.29, 1.82) is 0 Å². The quantitative estimate of drug-likeness (QED) is 0.717. The van der Waals surface area contributed by atoms with Gasteiger partial charge in [-0.25, -0.2) is 0 Å². The Balaban J connectivity index is 2.29. The summed E-state index contributed by atoms with van der Waals surface area (Å²) in [6.07, 6.45) is 4.21. The van der Waals surface area contributed by atoms with Gasteiger partial charge < -0.3 is 0 Å². The van der Waals surface area contributed by atoms with Crippen molar-refractivity contribution in [2.24, 2.45) is 5.92 Å². The Morgan fingerprint density at radius 1 is 1.33 bits per heavy atom. The van der Waals surface area contributed by atoms with E-state index in [0.717, 1.165) is 18.4 Å². The second-order valence-electron chi connectivity index (χ2n) is 4.65. The van der Waals surface area contributed by atoms with E-state index in [1.54, 1.807) is 0 Å². The fraction of sp³-hybridized carbons (Fsp3) is 0.500. The second-order valence-corrected chi connectivity index (χ2v) is 4.65.